The number of aryl methyl sites for hydroxylation is 3. The molecular weight excluding hydrogens is 438 g/mol. The number of nitrogens with zero attached hydrogens (tertiary/aromatic N) is 1. The van der Waals surface area contributed by atoms with Crippen LogP contribution in [-0.2, 0) is 0 Å². The van der Waals surface area contributed by atoms with Crippen LogP contribution in [0.2, 0.25) is 0 Å². The predicted octanol–water partition coefficient (Wildman–Crippen LogP) is 7.92. The largest absolute Gasteiger partial charge is 0.508 e. The van der Waals surface area contributed by atoms with Crippen molar-refractivity contribution in [2.24, 2.45) is 0 Å². The number of anilines is 3. The summed E-state index contributed by atoms with van der Waals surface area (Å²) < 4.78 is 6.37. The number of phenolic OH excluding ortho intramolecular Hbond substituents is 3. The first-order valence-corrected chi connectivity index (χ1v) is 11.5. The van der Waals surface area contributed by atoms with Gasteiger partial charge in [-0.1, -0.05) is 18.2 Å². The molecule has 0 spiro atoms. The topological polar surface area (TPSA) is 73.2 Å². The van der Waals surface area contributed by atoms with Crippen molar-refractivity contribution in [3.05, 3.63) is 94.0 Å². The lowest BCUT2D eigenvalue weighted by Crippen LogP contribution is -2.14. The minimum atomic E-state index is 0.192. The molecule has 5 heteroatoms. The summed E-state index contributed by atoms with van der Waals surface area (Å²) in [7, 11) is 0. The van der Waals surface area contributed by atoms with Crippen molar-refractivity contribution in [3.63, 3.8) is 0 Å². The summed E-state index contributed by atoms with van der Waals surface area (Å²) in [6, 6.07) is 18.8. The van der Waals surface area contributed by atoms with E-state index in [1.54, 1.807) is 12.1 Å². The van der Waals surface area contributed by atoms with Crippen LogP contribution in [0.15, 0.2) is 60.7 Å². The van der Waals surface area contributed by atoms with Gasteiger partial charge in [0.05, 0.1) is 17.1 Å². The van der Waals surface area contributed by atoms with Crippen LogP contribution >= 0.6 is 0 Å². The summed E-state index contributed by atoms with van der Waals surface area (Å²) >= 11 is 0. The van der Waals surface area contributed by atoms with Crippen molar-refractivity contribution in [1.29, 1.82) is 0 Å². The van der Waals surface area contributed by atoms with Crippen LogP contribution in [0.5, 0.6) is 28.7 Å². The minimum Gasteiger partial charge on any atom is -0.508 e. The molecule has 0 amide bonds. The SMILES string of the molecule is Cc1cc(O)c(C)c(N(c2ccccc2Oc2ccc(C)c(O)c2C)c2cc(C)cc(O)c2C)c1. The zero-order chi connectivity index (χ0) is 25.4. The molecule has 0 radical (unpaired) electrons. The maximum absolute atomic E-state index is 10.7. The molecule has 35 heavy (non-hydrogen) atoms. The Hall–Kier alpha value is -4.12. The predicted molar refractivity (Wildman–Crippen MR) is 141 cm³/mol. The van der Waals surface area contributed by atoms with Gasteiger partial charge in [-0.2, -0.15) is 0 Å². The lowest BCUT2D eigenvalue weighted by atomic mass is 10.0. The number of ether oxygens (including phenoxy) is 1. The fraction of sp³-hybridized carbons (Fsp3) is 0.200. The molecule has 0 saturated carbocycles. The van der Waals surface area contributed by atoms with Crippen LogP contribution in [0.4, 0.5) is 17.1 Å². The third-order valence-corrected chi connectivity index (χ3v) is 6.39. The van der Waals surface area contributed by atoms with Crippen LogP contribution in [-0.4, -0.2) is 15.3 Å². The molecular formula is C30H31NO4. The van der Waals surface area contributed by atoms with Crippen LogP contribution in [0.25, 0.3) is 0 Å². The molecule has 0 fully saturated rings. The molecule has 4 aromatic carbocycles. The molecule has 5 nitrogen and oxygen atoms in total. The molecule has 0 heterocycles. The lowest BCUT2D eigenvalue weighted by molar-refractivity contribution is 0.445. The van der Waals surface area contributed by atoms with Gasteiger partial charge in [0.25, 0.3) is 0 Å². The van der Waals surface area contributed by atoms with Crippen molar-refractivity contribution in [2.45, 2.75) is 41.5 Å². The quantitative estimate of drug-likeness (QED) is 0.277. The van der Waals surface area contributed by atoms with Crippen molar-refractivity contribution in [2.75, 3.05) is 4.90 Å². The zero-order valence-corrected chi connectivity index (χ0v) is 21.0. The summed E-state index contributed by atoms with van der Waals surface area (Å²) in [6.07, 6.45) is 0. The van der Waals surface area contributed by atoms with Crippen LogP contribution in [0.3, 0.4) is 0 Å². The lowest BCUT2D eigenvalue weighted by Gasteiger charge is -2.31. The average molecular weight is 470 g/mol. The second-order valence-electron chi connectivity index (χ2n) is 9.12. The zero-order valence-electron chi connectivity index (χ0n) is 21.0. The Morgan fingerprint density at radius 3 is 1.69 bits per heavy atom. The van der Waals surface area contributed by atoms with Crippen LogP contribution in [0.1, 0.15) is 33.4 Å². The van der Waals surface area contributed by atoms with Crippen molar-refractivity contribution in [1.82, 2.24) is 0 Å². The van der Waals surface area contributed by atoms with Crippen molar-refractivity contribution in [3.8, 4) is 28.7 Å². The van der Waals surface area contributed by atoms with E-state index in [1.807, 2.05) is 95.0 Å². The number of aromatic hydroxyl groups is 3. The fourth-order valence-corrected chi connectivity index (χ4v) is 4.27. The van der Waals surface area contributed by atoms with Gasteiger partial charge < -0.3 is 25.0 Å². The maximum atomic E-state index is 10.7. The number of benzene rings is 4. The third-order valence-electron chi connectivity index (χ3n) is 6.39. The number of hydrogen-bond acceptors (Lipinski definition) is 5. The van der Waals surface area contributed by atoms with Gasteiger partial charge in [0.15, 0.2) is 5.75 Å². The summed E-state index contributed by atoms with van der Waals surface area (Å²) in [5.74, 6) is 1.71. The molecule has 0 aliphatic rings. The minimum absolute atomic E-state index is 0.192. The Balaban J connectivity index is 1.99. The molecule has 0 aromatic heterocycles. The van der Waals surface area contributed by atoms with Gasteiger partial charge in [-0.05, 0) is 101 Å². The Kier molecular flexibility index (Phi) is 6.35. The van der Waals surface area contributed by atoms with E-state index in [4.69, 9.17) is 4.74 Å². The first-order chi connectivity index (χ1) is 16.6. The molecule has 3 N–H and O–H groups in total. The van der Waals surface area contributed by atoms with Crippen molar-refractivity contribution >= 4 is 17.1 Å². The van der Waals surface area contributed by atoms with Gasteiger partial charge in [-0.3, -0.25) is 0 Å². The van der Waals surface area contributed by atoms with E-state index >= 15 is 0 Å². The molecule has 0 atom stereocenters. The molecule has 4 rings (SSSR count). The van der Waals surface area contributed by atoms with E-state index < -0.39 is 0 Å². The highest BCUT2D eigenvalue weighted by atomic mass is 16.5. The van der Waals surface area contributed by atoms with E-state index in [0.717, 1.165) is 33.8 Å². The van der Waals surface area contributed by atoms with E-state index in [0.29, 0.717) is 28.2 Å². The fourth-order valence-electron chi connectivity index (χ4n) is 4.27. The molecule has 180 valence electrons. The van der Waals surface area contributed by atoms with E-state index in [1.165, 1.54) is 0 Å². The highest BCUT2D eigenvalue weighted by Crippen LogP contribution is 2.47. The Morgan fingerprint density at radius 2 is 1.11 bits per heavy atom. The summed E-state index contributed by atoms with van der Waals surface area (Å²) in [6.45, 7) is 11.3. The Bertz CT molecular complexity index is 1370. The highest BCUT2D eigenvalue weighted by Gasteiger charge is 2.24. The highest BCUT2D eigenvalue weighted by molar-refractivity contribution is 5.85. The third kappa shape index (κ3) is 4.50. The van der Waals surface area contributed by atoms with Gasteiger partial charge >= 0.3 is 0 Å². The summed E-state index contributed by atoms with van der Waals surface area (Å²) in [5.41, 5.74) is 6.92. The summed E-state index contributed by atoms with van der Waals surface area (Å²) in [5, 5.41) is 31.8. The maximum Gasteiger partial charge on any atom is 0.151 e. The standard InChI is InChI=1S/C30H31NO4/c1-17-13-24(20(4)26(32)15-17)31(25-14-18(2)16-27(33)21(25)5)23-9-7-8-10-29(23)35-28-12-11-19(3)30(34)22(28)6/h7-16,32-34H,1-6H3. The smallest absolute Gasteiger partial charge is 0.151 e. The Morgan fingerprint density at radius 1 is 0.571 bits per heavy atom. The second-order valence-corrected chi connectivity index (χ2v) is 9.12. The molecule has 4 aromatic rings. The molecule has 0 aliphatic heterocycles. The second kappa shape index (κ2) is 9.26. The van der Waals surface area contributed by atoms with Crippen LogP contribution < -0.4 is 9.64 Å². The monoisotopic (exact) mass is 469 g/mol. The number of hydrogen-bond donors (Lipinski definition) is 3. The molecule has 0 unspecified atom stereocenters. The Labute approximate surface area is 206 Å². The molecule has 0 saturated heterocycles. The van der Waals surface area contributed by atoms with Gasteiger partial charge in [0.1, 0.15) is 23.0 Å². The van der Waals surface area contributed by atoms with Gasteiger partial charge in [0, 0.05) is 16.7 Å². The average Bonchev–Trinajstić information content (AvgIpc) is 2.81. The first-order valence-electron chi connectivity index (χ1n) is 11.5. The number of para-hydroxylation sites is 2. The first kappa shape index (κ1) is 24.0. The van der Waals surface area contributed by atoms with Gasteiger partial charge in [0.2, 0.25) is 0 Å². The van der Waals surface area contributed by atoms with Crippen molar-refractivity contribution < 1.29 is 20.1 Å². The molecule has 0 bridgehead atoms. The van der Waals surface area contributed by atoms with Gasteiger partial charge in [-0.25, -0.2) is 0 Å². The molecule has 0 aliphatic carbocycles. The number of rotatable bonds is 5. The van der Waals surface area contributed by atoms with Gasteiger partial charge in [-0.15, -0.1) is 0 Å². The van der Waals surface area contributed by atoms with E-state index in [9.17, 15) is 15.3 Å². The van der Waals surface area contributed by atoms with Crippen LogP contribution in [0, 0.1) is 41.5 Å². The normalized spacial score (nSPS) is 10.9. The van der Waals surface area contributed by atoms with E-state index in [-0.39, 0.29) is 17.2 Å². The van der Waals surface area contributed by atoms with E-state index in [2.05, 4.69) is 0 Å². The summed E-state index contributed by atoms with van der Waals surface area (Å²) in [4.78, 5) is 2.00. The number of phenols is 3.